The van der Waals surface area contributed by atoms with Crippen LogP contribution in [-0.4, -0.2) is 35.7 Å². The van der Waals surface area contributed by atoms with E-state index < -0.39 is 22.1 Å². The fraction of sp³-hybridized carbons (Fsp3) is 0.273. The third-order valence-electron chi connectivity index (χ3n) is 5.70. The number of hydrogen-bond acceptors (Lipinski definition) is 6. The SMILES string of the molecule is NC(=O)N(O)C1CCCC(c2nc(-c3ccc(S(N)(=O)=O)cc3)c(-c3ccccc3)o2)C1. The lowest BCUT2D eigenvalue weighted by Gasteiger charge is -2.31. The monoisotopic (exact) mass is 456 g/mol. The Morgan fingerprint density at radius 2 is 1.75 bits per heavy atom. The summed E-state index contributed by atoms with van der Waals surface area (Å²) in [5.41, 5.74) is 7.30. The van der Waals surface area contributed by atoms with Gasteiger partial charge in [-0.25, -0.2) is 28.4 Å². The number of carbonyl (C=O) groups is 1. The van der Waals surface area contributed by atoms with Crippen LogP contribution in [0.3, 0.4) is 0 Å². The van der Waals surface area contributed by atoms with E-state index in [0.717, 1.165) is 18.4 Å². The molecule has 1 heterocycles. The first-order valence-electron chi connectivity index (χ1n) is 10.2. The van der Waals surface area contributed by atoms with Gasteiger partial charge in [0.1, 0.15) is 5.69 Å². The lowest BCUT2D eigenvalue weighted by Crippen LogP contribution is -2.43. The van der Waals surface area contributed by atoms with E-state index >= 15 is 0 Å². The van der Waals surface area contributed by atoms with Gasteiger partial charge in [-0.1, -0.05) is 48.9 Å². The van der Waals surface area contributed by atoms with E-state index in [1.807, 2.05) is 30.3 Å². The van der Waals surface area contributed by atoms with E-state index in [4.69, 9.17) is 20.3 Å². The number of nitrogens with zero attached hydrogens (tertiary/aromatic N) is 2. The topological polar surface area (TPSA) is 153 Å². The molecule has 3 aromatic rings. The van der Waals surface area contributed by atoms with Crippen LogP contribution >= 0.6 is 0 Å². The maximum atomic E-state index is 11.6. The van der Waals surface area contributed by atoms with Crippen LogP contribution in [0, 0.1) is 0 Å². The van der Waals surface area contributed by atoms with Crippen molar-refractivity contribution >= 4 is 16.1 Å². The zero-order chi connectivity index (χ0) is 22.9. The molecule has 2 unspecified atom stereocenters. The summed E-state index contributed by atoms with van der Waals surface area (Å²) in [6.07, 6.45) is 2.69. The Hall–Kier alpha value is -3.21. The third kappa shape index (κ3) is 4.52. The number of hydroxylamine groups is 2. The van der Waals surface area contributed by atoms with E-state index in [1.54, 1.807) is 12.1 Å². The van der Waals surface area contributed by atoms with Gasteiger partial charge in [-0.15, -0.1) is 0 Å². The quantitative estimate of drug-likeness (QED) is 0.395. The van der Waals surface area contributed by atoms with Crippen LogP contribution in [0.1, 0.15) is 37.5 Å². The van der Waals surface area contributed by atoms with Crippen LogP contribution in [0.5, 0.6) is 0 Å². The van der Waals surface area contributed by atoms with Crippen molar-refractivity contribution in [1.82, 2.24) is 10.0 Å². The number of rotatable bonds is 5. The molecule has 168 valence electrons. The Labute approximate surface area is 185 Å². The Bertz CT molecular complexity index is 1210. The molecule has 0 bridgehead atoms. The van der Waals surface area contributed by atoms with Crippen molar-refractivity contribution in [2.75, 3.05) is 0 Å². The van der Waals surface area contributed by atoms with E-state index in [9.17, 15) is 18.4 Å². The van der Waals surface area contributed by atoms with Crippen molar-refractivity contribution in [3.8, 4) is 22.6 Å². The molecule has 32 heavy (non-hydrogen) atoms. The summed E-state index contributed by atoms with van der Waals surface area (Å²) in [5.74, 6) is 0.946. The molecule has 9 nitrogen and oxygen atoms in total. The summed E-state index contributed by atoms with van der Waals surface area (Å²) in [6, 6.07) is 14.3. The maximum Gasteiger partial charge on any atom is 0.338 e. The zero-order valence-corrected chi connectivity index (χ0v) is 18.0. The third-order valence-corrected chi connectivity index (χ3v) is 6.63. The molecule has 2 amide bonds. The van der Waals surface area contributed by atoms with Crippen LogP contribution < -0.4 is 10.9 Å². The molecule has 2 atom stereocenters. The molecular weight excluding hydrogens is 432 g/mol. The van der Waals surface area contributed by atoms with Gasteiger partial charge in [-0.3, -0.25) is 5.21 Å². The van der Waals surface area contributed by atoms with E-state index in [-0.39, 0.29) is 10.8 Å². The summed E-state index contributed by atoms with van der Waals surface area (Å²) < 4.78 is 29.4. The van der Waals surface area contributed by atoms with Crippen molar-refractivity contribution in [2.45, 2.75) is 42.5 Å². The van der Waals surface area contributed by atoms with Crippen LogP contribution in [0.4, 0.5) is 4.79 Å². The molecule has 0 spiro atoms. The highest BCUT2D eigenvalue weighted by Gasteiger charge is 2.32. The second kappa shape index (κ2) is 8.73. The largest absolute Gasteiger partial charge is 0.440 e. The van der Waals surface area contributed by atoms with Crippen LogP contribution in [0.15, 0.2) is 63.9 Å². The summed E-state index contributed by atoms with van der Waals surface area (Å²) in [6.45, 7) is 0. The highest BCUT2D eigenvalue weighted by molar-refractivity contribution is 7.89. The van der Waals surface area contributed by atoms with Crippen LogP contribution in [0.2, 0.25) is 0 Å². The fourth-order valence-corrected chi connectivity index (χ4v) is 4.60. The highest BCUT2D eigenvalue weighted by atomic mass is 32.2. The normalized spacial score (nSPS) is 18.9. The molecule has 1 aromatic heterocycles. The molecule has 1 aliphatic rings. The standard InChI is InChI=1S/C22H24N4O5S/c23-22(27)26(28)17-8-4-7-16(13-17)21-25-19(20(31-21)15-5-2-1-3-6-15)14-9-11-18(12-10-14)32(24,29)30/h1-3,5-6,9-12,16-17,28H,4,7-8,13H2,(H2,23,27)(H2,24,29,30). The lowest BCUT2D eigenvalue weighted by atomic mass is 9.85. The minimum Gasteiger partial charge on any atom is -0.440 e. The lowest BCUT2D eigenvalue weighted by molar-refractivity contribution is -0.0865. The number of primary amides is 1. The number of hydrogen-bond donors (Lipinski definition) is 3. The van der Waals surface area contributed by atoms with Gasteiger partial charge in [0.05, 0.1) is 10.9 Å². The highest BCUT2D eigenvalue weighted by Crippen LogP contribution is 2.40. The molecule has 1 aliphatic carbocycles. The predicted molar refractivity (Wildman–Crippen MR) is 117 cm³/mol. The molecule has 2 aromatic carbocycles. The number of primary sulfonamides is 1. The van der Waals surface area contributed by atoms with Gasteiger partial charge < -0.3 is 10.2 Å². The zero-order valence-electron chi connectivity index (χ0n) is 17.2. The van der Waals surface area contributed by atoms with Gasteiger partial charge in [-0.05, 0) is 31.4 Å². The molecule has 10 heteroatoms. The number of oxazole rings is 1. The summed E-state index contributed by atoms with van der Waals surface area (Å²) in [7, 11) is -3.81. The van der Waals surface area contributed by atoms with Gasteiger partial charge in [0, 0.05) is 17.0 Å². The minimum atomic E-state index is -3.81. The first kappa shape index (κ1) is 22.0. The molecule has 1 saturated carbocycles. The number of amides is 2. The van der Waals surface area contributed by atoms with Crippen molar-refractivity contribution < 1.29 is 22.8 Å². The molecule has 1 fully saturated rings. The van der Waals surface area contributed by atoms with E-state index in [1.165, 1.54) is 12.1 Å². The number of sulfonamides is 1. The predicted octanol–water partition coefficient (Wildman–Crippen LogP) is 3.45. The van der Waals surface area contributed by atoms with Gasteiger partial charge in [-0.2, -0.15) is 0 Å². The average molecular weight is 457 g/mol. The van der Waals surface area contributed by atoms with Crippen molar-refractivity contribution in [1.29, 1.82) is 0 Å². The molecular formula is C22H24N4O5S. The smallest absolute Gasteiger partial charge is 0.338 e. The van der Waals surface area contributed by atoms with Gasteiger partial charge in [0.15, 0.2) is 11.7 Å². The minimum absolute atomic E-state index is 0.0100. The fourth-order valence-electron chi connectivity index (χ4n) is 4.08. The number of nitrogens with two attached hydrogens (primary N) is 2. The number of carbonyl (C=O) groups excluding carboxylic acids is 1. The number of urea groups is 1. The van der Waals surface area contributed by atoms with Gasteiger partial charge in [0.2, 0.25) is 10.0 Å². The molecule has 0 radical (unpaired) electrons. The summed E-state index contributed by atoms with van der Waals surface area (Å²) >= 11 is 0. The molecule has 5 N–H and O–H groups in total. The second-order valence-electron chi connectivity index (χ2n) is 7.87. The number of benzene rings is 2. The molecule has 4 rings (SSSR count). The van der Waals surface area contributed by atoms with E-state index in [0.29, 0.717) is 40.8 Å². The van der Waals surface area contributed by atoms with Crippen LogP contribution in [0.25, 0.3) is 22.6 Å². The van der Waals surface area contributed by atoms with Gasteiger partial charge in [0.25, 0.3) is 0 Å². The van der Waals surface area contributed by atoms with E-state index in [2.05, 4.69) is 0 Å². The first-order valence-corrected chi connectivity index (χ1v) is 11.8. The maximum absolute atomic E-state index is 11.6. The Morgan fingerprint density at radius 3 is 2.38 bits per heavy atom. The van der Waals surface area contributed by atoms with Gasteiger partial charge >= 0.3 is 6.03 Å². The summed E-state index contributed by atoms with van der Waals surface area (Å²) in [5, 5.41) is 15.8. The number of aromatic nitrogens is 1. The molecule has 0 saturated heterocycles. The summed E-state index contributed by atoms with van der Waals surface area (Å²) in [4.78, 5) is 16.1. The van der Waals surface area contributed by atoms with Crippen molar-refractivity contribution in [3.63, 3.8) is 0 Å². The van der Waals surface area contributed by atoms with Crippen molar-refractivity contribution in [2.24, 2.45) is 10.9 Å². The van der Waals surface area contributed by atoms with Crippen molar-refractivity contribution in [3.05, 3.63) is 60.5 Å². The Kier molecular flexibility index (Phi) is 6.00. The van der Waals surface area contributed by atoms with Crippen LogP contribution in [-0.2, 0) is 10.0 Å². The first-order chi connectivity index (χ1) is 15.2. The molecule has 0 aliphatic heterocycles. The Morgan fingerprint density at radius 1 is 1.06 bits per heavy atom. The average Bonchev–Trinajstić information content (AvgIpc) is 3.24. The Balaban J connectivity index is 1.73. The second-order valence-corrected chi connectivity index (χ2v) is 9.43.